The van der Waals surface area contributed by atoms with Gasteiger partial charge in [0.05, 0.1) is 22.9 Å². The molecular formula is C26H34N4O7. The molecule has 1 amide bonds. The number of likely N-dealkylation sites (N-methyl/N-ethyl adjacent to an activating group) is 1. The number of carbonyl (C=O) groups is 2. The second kappa shape index (κ2) is 8.95. The van der Waals surface area contributed by atoms with Crippen molar-refractivity contribution in [1.82, 2.24) is 10.4 Å². The van der Waals surface area contributed by atoms with Gasteiger partial charge in [-0.15, -0.1) is 0 Å². The summed E-state index contributed by atoms with van der Waals surface area (Å²) in [4.78, 5) is 33.2. The van der Waals surface area contributed by atoms with E-state index in [4.69, 9.17) is 16.0 Å². The van der Waals surface area contributed by atoms with Crippen LogP contribution in [0.3, 0.4) is 0 Å². The summed E-state index contributed by atoms with van der Waals surface area (Å²) >= 11 is 0. The molecule has 1 aromatic rings. The first-order valence-corrected chi connectivity index (χ1v) is 12.0. The first-order chi connectivity index (χ1) is 17.1. The van der Waals surface area contributed by atoms with Crippen molar-refractivity contribution in [1.29, 1.82) is 5.41 Å². The van der Waals surface area contributed by atoms with Crippen LogP contribution in [0.25, 0.3) is 5.76 Å². The number of rotatable bonds is 5. The van der Waals surface area contributed by atoms with E-state index in [0.29, 0.717) is 5.56 Å². The smallest absolute Gasteiger partial charge is 0.254 e. The molecule has 3 aliphatic carbocycles. The van der Waals surface area contributed by atoms with Gasteiger partial charge in [-0.05, 0) is 70.8 Å². The predicted molar refractivity (Wildman–Crippen MR) is 135 cm³/mol. The van der Waals surface area contributed by atoms with E-state index in [2.05, 4.69) is 5.48 Å². The number of primary amides is 1. The van der Waals surface area contributed by atoms with Gasteiger partial charge in [0.15, 0.2) is 5.60 Å². The molecule has 0 heterocycles. The summed E-state index contributed by atoms with van der Waals surface area (Å²) in [5, 5.41) is 53.0. The second-order valence-corrected chi connectivity index (χ2v) is 11.1. The van der Waals surface area contributed by atoms with E-state index < -0.39 is 63.6 Å². The zero-order valence-corrected chi connectivity index (χ0v) is 21.5. The molecule has 200 valence electrons. The first kappa shape index (κ1) is 26.8. The minimum atomic E-state index is -2.50. The maximum absolute atomic E-state index is 13.9. The Morgan fingerprint density at radius 3 is 2.49 bits per heavy atom. The maximum Gasteiger partial charge on any atom is 0.254 e. The van der Waals surface area contributed by atoms with Gasteiger partial charge in [-0.2, -0.15) is 5.48 Å². The average Bonchev–Trinajstić information content (AvgIpc) is 2.76. The number of ketones is 1. The molecule has 1 aromatic carbocycles. The summed E-state index contributed by atoms with van der Waals surface area (Å²) in [6, 6.07) is 2.14. The van der Waals surface area contributed by atoms with Crippen LogP contribution < -0.4 is 11.2 Å². The van der Waals surface area contributed by atoms with E-state index in [0.717, 1.165) is 5.56 Å². The van der Waals surface area contributed by atoms with Crippen LogP contribution in [0.15, 0.2) is 29.0 Å². The number of hydrogen-bond donors (Lipinski definition) is 7. The van der Waals surface area contributed by atoms with Gasteiger partial charge in [-0.3, -0.25) is 19.3 Å². The molecule has 0 saturated heterocycles. The van der Waals surface area contributed by atoms with Crippen molar-refractivity contribution in [2.75, 3.05) is 14.1 Å². The Morgan fingerprint density at radius 2 is 1.92 bits per heavy atom. The van der Waals surface area contributed by atoms with Crippen molar-refractivity contribution in [2.24, 2.45) is 17.6 Å². The number of aromatic hydroxyl groups is 1. The lowest BCUT2D eigenvalue weighted by molar-refractivity contribution is -0.138. The highest BCUT2D eigenvalue weighted by atomic mass is 16.7. The summed E-state index contributed by atoms with van der Waals surface area (Å²) in [7, 11) is 3.24. The van der Waals surface area contributed by atoms with E-state index in [-0.39, 0.29) is 36.3 Å². The van der Waals surface area contributed by atoms with E-state index in [1.54, 1.807) is 25.1 Å². The highest BCUT2D eigenvalue weighted by Gasteiger charge is 2.63. The van der Waals surface area contributed by atoms with Gasteiger partial charge < -0.3 is 31.6 Å². The molecule has 0 aliphatic heterocycles. The third-order valence-corrected chi connectivity index (χ3v) is 7.40. The summed E-state index contributed by atoms with van der Waals surface area (Å²) < 4.78 is 0. The number of phenols is 1. The topological polar surface area (TPSA) is 189 Å². The Balaban J connectivity index is 1.84. The van der Waals surface area contributed by atoms with Crippen molar-refractivity contribution in [2.45, 2.75) is 57.4 Å². The molecule has 8 N–H and O–H groups in total. The molecule has 0 radical (unpaired) electrons. The Morgan fingerprint density at radius 1 is 1.27 bits per heavy atom. The molecule has 4 rings (SSSR count). The molecular weight excluding hydrogens is 480 g/mol. The number of nitrogens with one attached hydrogen (secondary N) is 2. The lowest BCUT2D eigenvalue weighted by Gasteiger charge is -2.51. The third kappa shape index (κ3) is 4.11. The zero-order chi connectivity index (χ0) is 27.6. The van der Waals surface area contributed by atoms with Gasteiger partial charge in [-0.25, -0.2) is 0 Å². The van der Waals surface area contributed by atoms with E-state index in [1.807, 2.05) is 20.8 Å². The standard InChI is InChI=1S/C26H34N4O7/c1-25(2,3)37-29-10-11-6-7-15(31)17-13(11)8-12-9-14-19(30(4)5)21(33)18(24(28)35)22(27)26(14,36)23(34)16(12)20(17)32/h6-7,12,14,19,27,29,31-33,36H,8-10H2,1-5H3,(H2,28,35)/t12-,14-,19-,26+/m0/s1. The van der Waals surface area contributed by atoms with Crippen molar-refractivity contribution in [3.63, 3.8) is 0 Å². The highest BCUT2D eigenvalue weighted by molar-refractivity contribution is 6.33. The number of aliphatic hydroxyl groups excluding tert-OH is 2. The Kier molecular flexibility index (Phi) is 6.48. The Bertz CT molecular complexity index is 1260. The van der Waals surface area contributed by atoms with Crippen LogP contribution in [0.4, 0.5) is 0 Å². The van der Waals surface area contributed by atoms with Gasteiger partial charge in [0.2, 0.25) is 5.78 Å². The van der Waals surface area contributed by atoms with Gasteiger partial charge in [0.1, 0.15) is 22.8 Å². The summed E-state index contributed by atoms with van der Waals surface area (Å²) in [6.45, 7) is 5.93. The fourth-order valence-corrected chi connectivity index (χ4v) is 5.86. The number of carbonyl (C=O) groups excluding carboxylic acids is 2. The van der Waals surface area contributed by atoms with Gasteiger partial charge in [0.25, 0.3) is 5.91 Å². The number of hydrogen-bond acceptors (Lipinski definition) is 10. The monoisotopic (exact) mass is 514 g/mol. The van der Waals surface area contributed by atoms with E-state index in [1.165, 1.54) is 6.07 Å². The Hall–Kier alpha value is -3.25. The van der Waals surface area contributed by atoms with Crippen molar-refractivity contribution in [3.05, 3.63) is 45.7 Å². The molecule has 37 heavy (non-hydrogen) atoms. The third-order valence-electron chi connectivity index (χ3n) is 7.40. The number of Topliss-reactive ketones (excluding diaryl/α,β-unsaturated/α-hetero) is 1. The van der Waals surface area contributed by atoms with Crippen LogP contribution in [-0.2, 0) is 27.4 Å². The van der Waals surface area contributed by atoms with Crippen LogP contribution in [0, 0.1) is 17.2 Å². The lowest BCUT2D eigenvalue weighted by Crippen LogP contribution is -2.67. The number of phenolic OH excluding ortho intramolecular Hbond substituents is 1. The van der Waals surface area contributed by atoms with Crippen LogP contribution in [0.1, 0.15) is 43.9 Å². The van der Waals surface area contributed by atoms with Gasteiger partial charge in [0, 0.05) is 18.0 Å². The number of nitrogens with zero attached hydrogens (tertiary/aromatic N) is 1. The van der Waals surface area contributed by atoms with Crippen molar-refractivity contribution in [3.8, 4) is 5.75 Å². The molecule has 1 fully saturated rings. The van der Waals surface area contributed by atoms with Crippen LogP contribution in [0.2, 0.25) is 0 Å². The first-order valence-electron chi connectivity index (χ1n) is 12.0. The Labute approximate surface area is 214 Å². The van der Waals surface area contributed by atoms with Gasteiger partial charge >= 0.3 is 0 Å². The SMILES string of the molecule is CN(C)[C@@H]1C(O)=C(C(N)=O)C(=N)[C@@]2(O)C(=O)C3=C(O)c4c(O)ccc(CNOC(C)(C)C)c4C[C@H]3C[C@@H]12. The summed E-state index contributed by atoms with van der Waals surface area (Å²) in [5.74, 6) is -4.84. The second-order valence-electron chi connectivity index (χ2n) is 11.1. The molecule has 0 aromatic heterocycles. The number of nitrogens with two attached hydrogens (primary N) is 1. The quantitative estimate of drug-likeness (QED) is 0.283. The number of fused-ring (bicyclic) bond motifs is 3. The summed E-state index contributed by atoms with van der Waals surface area (Å²) in [5.41, 5.74) is 5.29. The van der Waals surface area contributed by atoms with Gasteiger partial charge in [-0.1, -0.05) is 6.07 Å². The largest absolute Gasteiger partial charge is 0.510 e. The number of amides is 1. The fraction of sp³-hybridized carbons (Fsp3) is 0.500. The molecule has 3 aliphatic rings. The van der Waals surface area contributed by atoms with Crippen molar-refractivity contribution < 1.29 is 34.9 Å². The molecule has 4 atom stereocenters. The number of aliphatic hydroxyl groups is 3. The molecule has 1 saturated carbocycles. The molecule has 0 unspecified atom stereocenters. The van der Waals surface area contributed by atoms with E-state index in [9.17, 15) is 30.0 Å². The molecule has 0 bridgehead atoms. The maximum atomic E-state index is 13.9. The van der Waals surface area contributed by atoms with Crippen LogP contribution in [-0.4, -0.2) is 74.1 Å². The lowest BCUT2D eigenvalue weighted by atomic mass is 9.56. The van der Waals surface area contributed by atoms with Crippen molar-refractivity contribution >= 4 is 23.2 Å². The molecule has 11 nitrogen and oxygen atoms in total. The molecule has 11 heteroatoms. The zero-order valence-electron chi connectivity index (χ0n) is 21.5. The minimum Gasteiger partial charge on any atom is -0.510 e. The molecule has 0 spiro atoms. The normalized spacial score (nSPS) is 27.8. The van der Waals surface area contributed by atoms with Crippen LogP contribution in [0.5, 0.6) is 5.75 Å². The highest BCUT2D eigenvalue weighted by Crippen LogP contribution is 2.52. The summed E-state index contributed by atoms with van der Waals surface area (Å²) in [6.07, 6.45) is 0.373. The number of hydroxylamine groups is 1. The van der Waals surface area contributed by atoms with Crippen LogP contribution >= 0.6 is 0 Å². The average molecular weight is 515 g/mol. The predicted octanol–water partition coefficient (Wildman–Crippen LogP) is 1.23. The fourth-order valence-electron chi connectivity index (χ4n) is 5.86. The minimum absolute atomic E-state index is 0.0803. The van der Waals surface area contributed by atoms with E-state index >= 15 is 0 Å². The number of benzene rings is 1.